The SMILES string of the molecule is [c]1ccccc1-n1cnc2ccccc21. The Morgan fingerprint density at radius 2 is 1.87 bits per heavy atom. The first-order valence-electron chi connectivity index (χ1n) is 4.84. The van der Waals surface area contributed by atoms with Crippen LogP contribution in [-0.2, 0) is 0 Å². The lowest BCUT2D eigenvalue weighted by Crippen LogP contribution is -1.90. The van der Waals surface area contributed by atoms with Gasteiger partial charge in [-0.15, -0.1) is 0 Å². The molecule has 0 bridgehead atoms. The Kier molecular flexibility index (Phi) is 1.78. The molecule has 2 heteroatoms. The van der Waals surface area contributed by atoms with Gasteiger partial charge in [-0.2, -0.15) is 0 Å². The Morgan fingerprint density at radius 3 is 2.73 bits per heavy atom. The number of aromatic nitrogens is 2. The molecule has 0 fully saturated rings. The zero-order chi connectivity index (χ0) is 10.1. The van der Waals surface area contributed by atoms with Crippen molar-refractivity contribution in [3.63, 3.8) is 0 Å². The number of hydrogen-bond acceptors (Lipinski definition) is 1. The number of nitrogens with zero attached hydrogens (tertiary/aromatic N) is 2. The molecule has 0 aliphatic carbocycles. The third-order valence-corrected chi connectivity index (χ3v) is 2.41. The molecule has 2 aromatic carbocycles. The van der Waals surface area contributed by atoms with Gasteiger partial charge < -0.3 is 0 Å². The molecule has 3 rings (SSSR count). The Balaban J connectivity index is 2.28. The van der Waals surface area contributed by atoms with Gasteiger partial charge in [0.05, 0.1) is 16.7 Å². The lowest BCUT2D eigenvalue weighted by molar-refractivity contribution is 1.09. The largest absolute Gasteiger partial charge is 0.298 e. The van der Waals surface area contributed by atoms with Crippen molar-refractivity contribution in [1.82, 2.24) is 9.55 Å². The number of benzene rings is 2. The van der Waals surface area contributed by atoms with Crippen LogP contribution in [0.3, 0.4) is 0 Å². The van der Waals surface area contributed by atoms with E-state index in [1.165, 1.54) is 0 Å². The van der Waals surface area contributed by atoms with Crippen molar-refractivity contribution in [1.29, 1.82) is 0 Å². The van der Waals surface area contributed by atoms with Crippen LogP contribution in [0.25, 0.3) is 16.7 Å². The van der Waals surface area contributed by atoms with E-state index < -0.39 is 0 Å². The van der Waals surface area contributed by atoms with Gasteiger partial charge in [-0.25, -0.2) is 4.98 Å². The van der Waals surface area contributed by atoms with Crippen molar-refractivity contribution in [2.45, 2.75) is 0 Å². The number of imidazole rings is 1. The second kappa shape index (κ2) is 3.24. The highest BCUT2D eigenvalue weighted by Gasteiger charge is 2.02. The van der Waals surface area contributed by atoms with Crippen LogP contribution in [-0.4, -0.2) is 9.55 Å². The first-order valence-corrected chi connectivity index (χ1v) is 4.84. The molecule has 0 saturated heterocycles. The van der Waals surface area contributed by atoms with Gasteiger partial charge in [0.15, 0.2) is 0 Å². The van der Waals surface area contributed by atoms with Crippen LogP contribution >= 0.6 is 0 Å². The fourth-order valence-corrected chi connectivity index (χ4v) is 1.68. The van der Waals surface area contributed by atoms with Crippen LogP contribution in [0.1, 0.15) is 0 Å². The molecule has 3 aromatic rings. The molecule has 0 unspecified atom stereocenters. The van der Waals surface area contributed by atoms with Crippen molar-refractivity contribution < 1.29 is 0 Å². The molecule has 0 saturated carbocycles. The van der Waals surface area contributed by atoms with Gasteiger partial charge in [-0.1, -0.05) is 30.3 Å². The summed E-state index contributed by atoms with van der Waals surface area (Å²) in [6.45, 7) is 0. The van der Waals surface area contributed by atoms with E-state index in [0.29, 0.717) is 0 Å². The van der Waals surface area contributed by atoms with Gasteiger partial charge in [-0.3, -0.25) is 4.57 Å². The molecule has 71 valence electrons. The van der Waals surface area contributed by atoms with Crippen LogP contribution in [0.5, 0.6) is 0 Å². The van der Waals surface area contributed by atoms with Gasteiger partial charge in [-0.05, 0) is 18.2 Å². The highest BCUT2D eigenvalue weighted by atomic mass is 15.0. The molecular weight excluding hydrogens is 184 g/mol. The predicted molar refractivity (Wildman–Crippen MR) is 59.9 cm³/mol. The molecule has 15 heavy (non-hydrogen) atoms. The van der Waals surface area contributed by atoms with Crippen molar-refractivity contribution in [2.75, 3.05) is 0 Å². The minimum Gasteiger partial charge on any atom is -0.298 e. The predicted octanol–water partition coefficient (Wildman–Crippen LogP) is 2.83. The van der Waals surface area contributed by atoms with Crippen LogP contribution in [0.15, 0.2) is 54.9 Å². The number of rotatable bonds is 1. The minimum absolute atomic E-state index is 1.01. The summed E-state index contributed by atoms with van der Waals surface area (Å²) in [5.74, 6) is 0. The van der Waals surface area contributed by atoms with Crippen LogP contribution in [0.4, 0.5) is 0 Å². The molecule has 0 amide bonds. The normalized spacial score (nSPS) is 10.7. The van der Waals surface area contributed by atoms with Crippen LogP contribution in [0, 0.1) is 6.07 Å². The zero-order valence-corrected chi connectivity index (χ0v) is 8.09. The van der Waals surface area contributed by atoms with Gasteiger partial charge in [0.2, 0.25) is 0 Å². The standard InChI is InChI=1S/C13H9N2/c1-2-6-11(7-3-1)15-10-14-12-8-4-5-9-13(12)15/h1-6,8-10H. The van der Waals surface area contributed by atoms with Gasteiger partial charge in [0.25, 0.3) is 0 Å². The van der Waals surface area contributed by atoms with Gasteiger partial charge in [0, 0.05) is 6.07 Å². The van der Waals surface area contributed by atoms with Crippen molar-refractivity contribution in [3.8, 4) is 5.69 Å². The van der Waals surface area contributed by atoms with Gasteiger partial charge >= 0.3 is 0 Å². The average Bonchev–Trinajstić information content (AvgIpc) is 2.74. The van der Waals surface area contributed by atoms with Gasteiger partial charge in [0.1, 0.15) is 6.33 Å². The second-order valence-corrected chi connectivity index (χ2v) is 3.35. The highest BCUT2D eigenvalue weighted by Crippen LogP contribution is 2.16. The first kappa shape index (κ1) is 8.24. The second-order valence-electron chi connectivity index (χ2n) is 3.35. The summed E-state index contributed by atoms with van der Waals surface area (Å²) in [6, 6.07) is 19.2. The summed E-state index contributed by atoms with van der Waals surface area (Å²) in [4.78, 5) is 4.34. The quantitative estimate of drug-likeness (QED) is 0.581. The third-order valence-electron chi connectivity index (χ3n) is 2.41. The average molecular weight is 193 g/mol. The van der Waals surface area contributed by atoms with Crippen LogP contribution < -0.4 is 0 Å². The van der Waals surface area contributed by atoms with E-state index in [0.717, 1.165) is 16.7 Å². The topological polar surface area (TPSA) is 17.8 Å². The molecule has 0 aliphatic heterocycles. The highest BCUT2D eigenvalue weighted by molar-refractivity contribution is 5.77. The molecule has 1 radical (unpaired) electrons. The van der Waals surface area contributed by atoms with E-state index in [2.05, 4.69) is 17.1 Å². The fourth-order valence-electron chi connectivity index (χ4n) is 1.68. The number of fused-ring (bicyclic) bond motifs is 1. The third kappa shape index (κ3) is 1.31. The van der Waals surface area contributed by atoms with E-state index in [-0.39, 0.29) is 0 Å². The Morgan fingerprint density at radius 1 is 1.00 bits per heavy atom. The Hall–Kier alpha value is -2.09. The van der Waals surface area contributed by atoms with E-state index in [1.54, 1.807) is 0 Å². The maximum Gasteiger partial charge on any atom is 0.100 e. The molecule has 0 atom stereocenters. The Bertz CT molecular complexity index is 582. The summed E-state index contributed by atoms with van der Waals surface area (Å²) in [7, 11) is 0. The van der Waals surface area contributed by atoms with Crippen molar-refractivity contribution in [2.24, 2.45) is 0 Å². The van der Waals surface area contributed by atoms with E-state index in [9.17, 15) is 0 Å². The summed E-state index contributed by atoms with van der Waals surface area (Å²) in [5.41, 5.74) is 3.14. The monoisotopic (exact) mass is 193 g/mol. The first-order chi connectivity index (χ1) is 7.45. The maximum absolute atomic E-state index is 4.34. The van der Waals surface area contributed by atoms with E-state index in [1.807, 2.05) is 53.4 Å². The lowest BCUT2D eigenvalue weighted by Gasteiger charge is -2.02. The number of para-hydroxylation sites is 3. The summed E-state index contributed by atoms with van der Waals surface area (Å²) >= 11 is 0. The molecular formula is C13H9N2. The van der Waals surface area contributed by atoms with Crippen molar-refractivity contribution in [3.05, 3.63) is 60.9 Å². The zero-order valence-electron chi connectivity index (χ0n) is 8.09. The summed E-state index contributed by atoms with van der Waals surface area (Å²) < 4.78 is 2.04. The minimum atomic E-state index is 1.01. The number of hydrogen-bond donors (Lipinski definition) is 0. The summed E-state index contributed by atoms with van der Waals surface area (Å²) in [6.07, 6.45) is 1.83. The lowest BCUT2D eigenvalue weighted by atomic mass is 10.3. The molecule has 2 nitrogen and oxygen atoms in total. The van der Waals surface area contributed by atoms with E-state index >= 15 is 0 Å². The smallest absolute Gasteiger partial charge is 0.100 e. The maximum atomic E-state index is 4.34. The van der Waals surface area contributed by atoms with Crippen molar-refractivity contribution >= 4 is 11.0 Å². The molecule has 0 spiro atoms. The van der Waals surface area contributed by atoms with Crippen LogP contribution in [0.2, 0.25) is 0 Å². The molecule has 0 N–H and O–H groups in total. The van der Waals surface area contributed by atoms with E-state index in [4.69, 9.17) is 0 Å². The molecule has 1 heterocycles. The molecule has 0 aliphatic rings. The molecule has 1 aromatic heterocycles. The summed E-state index contributed by atoms with van der Waals surface area (Å²) in [5, 5.41) is 0. The Labute approximate surface area is 87.8 Å². The fraction of sp³-hybridized carbons (Fsp3) is 0.